The molecule has 6 heteroatoms. The summed E-state index contributed by atoms with van der Waals surface area (Å²) in [5.41, 5.74) is 2.59. The van der Waals surface area contributed by atoms with Crippen LogP contribution in [0.2, 0.25) is 0 Å². The van der Waals surface area contributed by atoms with Crippen molar-refractivity contribution in [1.82, 2.24) is 14.5 Å². The van der Waals surface area contributed by atoms with E-state index in [0.29, 0.717) is 23.5 Å². The summed E-state index contributed by atoms with van der Waals surface area (Å²) >= 11 is 1.52. The van der Waals surface area contributed by atoms with Gasteiger partial charge in [-0.25, -0.2) is 9.97 Å². The quantitative estimate of drug-likeness (QED) is 0.445. The normalized spacial score (nSPS) is 11.1. The van der Waals surface area contributed by atoms with Crippen molar-refractivity contribution in [2.45, 2.75) is 6.54 Å². The van der Waals surface area contributed by atoms with Crippen LogP contribution in [0, 0.1) is 0 Å². The van der Waals surface area contributed by atoms with Gasteiger partial charge < -0.3 is 4.42 Å². The molecule has 5 aromatic rings. The van der Waals surface area contributed by atoms with Crippen molar-refractivity contribution in [3.8, 4) is 21.9 Å². The Morgan fingerprint density at radius 2 is 1.68 bits per heavy atom. The SMILES string of the molecule is O=c1c2cc(-c3ccccc3)sc2ncn1Cc1coc(-c2ccccc2)n1. The molecule has 0 saturated carbocycles. The third-order valence-corrected chi connectivity index (χ3v) is 5.57. The Morgan fingerprint density at radius 3 is 2.43 bits per heavy atom. The van der Waals surface area contributed by atoms with Crippen LogP contribution < -0.4 is 5.56 Å². The molecule has 0 amide bonds. The fraction of sp³-hybridized carbons (Fsp3) is 0.0455. The molecule has 28 heavy (non-hydrogen) atoms. The van der Waals surface area contributed by atoms with Crippen molar-refractivity contribution < 1.29 is 4.42 Å². The maximum Gasteiger partial charge on any atom is 0.262 e. The van der Waals surface area contributed by atoms with Crippen molar-refractivity contribution in [3.63, 3.8) is 0 Å². The number of benzene rings is 2. The Morgan fingerprint density at radius 1 is 0.964 bits per heavy atom. The van der Waals surface area contributed by atoms with Crippen LogP contribution in [0.3, 0.4) is 0 Å². The molecule has 0 bridgehead atoms. The largest absolute Gasteiger partial charge is 0.444 e. The average Bonchev–Trinajstić information content (AvgIpc) is 3.39. The van der Waals surface area contributed by atoms with Gasteiger partial charge in [0.1, 0.15) is 11.1 Å². The highest BCUT2D eigenvalue weighted by atomic mass is 32.1. The third-order valence-electron chi connectivity index (χ3n) is 4.48. The predicted octanol–water partition coefficient (Wildman–Crippen LogP) is 4.83. The molecule has 0 aliphatic rings. The predicted molar refractivity (Wildman–Crippen MR) is 110 cm³/mol. The van der Waals surface area contributed by atoms with Gasteiger partial charge in [-0.15, -0.1) is 11.3 Å². The summed E-state index contributed by atoms with van der Waals surface area (Å²) in [6.07, 6.45) is 3.16. The molecule has 0 spiro atoms. The van der Waals surface area contributed by atoms with Crippen molar-refractivity contribution in [2.75, 3.05) is 0 Å². The molecule has 0 unspecified atom stereocenters. The molecule has 3 aromatic heterocycles. The summed E-state index contributed by atoms with van der Waals surface area (Å²) in [4.78, 5) is 23.7. The Balaban J connectivity index is 1.48. The number of oxazole rings is 1. The summed E-state index contributed by atoms with van der Waals surface area (Å²) < 4.78 is 7.13. The van der Waals surface area contributed by atoms with E-state index in [9.17, 15) is 4.79 Å². The van der Waals surface area contributed by atoms with E-state index in [-0.39, 0.29) is 5.56 Å². The van der Waals surface area contributed by atoms with Gasteiger partial charge in [-0.1, -0.05) is 48.5 Å². The Hall–Kier alpha value is -3.51. The van der Waals surface area contributed by atoms with Gasteiger partial charge in [-0.2, -0.15) is 0 Å². The van der Waals surface area contributed by atoms with Gasteiger partial charge >= 0.3 is 0 Å². The van der Waals surface area contributed by atoms with E-state index in [2.05, 4.69) is 9.97 Å². The lowest BCUT2D eigenvalue weighted by atomic mass is 10.2. The second kappa shape index (κ2) is 6.90. The van der Waals surface area contributed by atoms with E-state index in [4.69, 9.17) is 4.42 Å². The van der Waals surface area contributed by atoms with Crippen LogP contribution in [-0.2, 0) is 6.54 Å². The maximum atomic E-state index is 12.9. The van der Waals surface area contributed by atoms with Crippen molar-refractivity contribution >= 4 is 21.6 Å². The van der Waals surface area contributed by atoms with Crippen LogP contribution in [0.5, 0.6) is 0 Å². The van der Waals surface area contributed by atoms with Gasteiger partial charge in [0.2, 0.25) is 5.89 Å². The van der Waals surface area contributed by atoms with Gasteiger partial charge in [-0.05, 0) is 23.8 Å². The molecule has 5 nitrogen and oxygen atoms in total. The summed E-state index contributed by atoms with van der Waals surface area (Å²) in [5.74, 6) is 0.541. The van der Waals surface area contributed by atoms with Gasteiger partial charge in [0.25, 0.3) is 5.56 Å². The second-order valence-corrected chi connectivity index (χ2v) is 7.41. The van der Waals surface area contributed by atoms with E-state index in [1.165, 1.54) is 11.3 Å². The lowest BCUT2D eigenvalue weighted by Gasteiger charge is -2.01. The number of hydrogen-bond donors (Lipinski definition) is 0. The smallest absolute Gasteiger partial charge is 0.262 e. The molecule has 0 aliphatic carbocycles. The van der Waals surface area contributed by atoms with Gasteiger partial charge in [-0.3, -0.25) is 9.36 Å². The number of aromatic nitrogens is 3. The summed E-state index contributed by atoms with van der Waals surface area (Å²) in [6.45, 7) is 0.314. The topological polar surface area (TPSA) is 60.9 Å². The van der Waals surface area contributed by atoms with Crippen LogP contribution in [0.4, 0.5) is 0 Å². The Bertz CT molecular complexity index is 1300. The Kier molecular flexibility index (Phi) is 4.10. The number of thiophene rings is 1. The van der Waals surface area contributed by atoms with E-state index >= 15 is 0 Å². The fourth-order valence-electron chi connectivity index (χ4n) is 3.08. The molecule has 0 saturated heterocycles. The van der Waals surface area contributed by atoms with Crippen LogP contribution in [-0.4, -0.2) is 14.5 Å². The number of rotatable bonds is 4. The van der Waals surface area contributed by atoms with Crippen molar-refractivity contribution in [1.29, 1.82) is 0 Å². The molecule has 0 fully saturated rings. The highest BCUT2D eigenvalue weighted by molar-refractivity contribution is 7.21. The van der Waals surface area contributed by atoms with E-state index in [0.717, 1.165) is 20.8 Å². The molecule has 2 aromatic carbocycles. The van der Waals surface area contributed by atoms with E-state index in [1.54, 1.807) is 17.2 Å². The first kappa shape index (κ1) is 16.6. The zero-order valence-electron chi connectivity index (χ0n) is 14.8. The fourth-order valence-corrected chi connectivity index (χ4v) is 4.08. The second-order valence-electron chi connectivity index (χ2n) is 6.38. The summed E-state index contributed by atoms with van der Waals surface area (Å²) in [7, 11) is 0. The minimum Gasteiger partial charge on any atom is -0.444 e. The zero-order valence-corrected chi connectivity index (χ0v) is 15.6. The molecule has 0 N–H and O–H groups in total. The standard InChI is InChI=1S/C22H15N3O2S/c26-22-18-11-19(15-7-3-1-4-8-15)28-21(18)23-14-25(22)12-17-13-27-20(24-17)16-9-5-2-6-10-16/h1-11,13-14H,12H2. The maximum absolute atomic E-state index is 12.9. The number of nitrogens with zero attached hydrogens (tertiary/aromatic N) is 3. The molecule has 0 atom stereocenters. The minimum atomic E-state index is -0.0762. The number of fused-ring (bicyclic) bond motifs is 1. The Labute approximate surface area is 164 Å². The lowest BCUT2D eigenvalue weighted by Crippen LogP contribution is -2.20. The van der Waals surface area contributed by atoms with Gasteiger partial charge in [0, 0.05) is 10.4 Å². The molecule has 0 radical (unpaired) electrons. The monoisotopic (exact) mass is 385 g/mol. The first-order valence-electron chi connectivity index (χ1n) is 8.82. The van der Waals surface area contributed by atoms with Crippen LogP contribution in [0.25, 0.3) is 32.1 Å². The minimum absolute atomic E-state index is 0.0762. The first-order chi connectivity index (χ1) is 13.8. The summed E-state index contributed by atoms with van der Waals surface area (Å²) in [5, 5.41) is 0.623. The van der Waals surface area contributed by atoms with Crippen molar-refractivity contribution in [2.24, 2.45) is 0 Å². The van der Waals surface area contributed by atoms with Crippen LogP contribution >= 0.6 is 11.3 Å². The highest BCUT2D eigenvalue weighted by Crippen LogP contribution is 2.30. The van der Waals surface area contributed by atoms with E-state index in [1.807, 2.05) is 66.7 Å². The lowest BCUT2D eigenvalue weighted by molar-refractivity contribution is 0.571. The van der Waals surface area contributed by atoms with Gasteiger partial charge in [0.05, 0.1) is 24.0 Å². The van der Waals surface area contributed by atoms with Gasteiger partial charge in [0.15, 0.2) is 0 Å². The molecule has 3 heterocycles. The zero-order chi connectivity index (χ0) is 18.9. The molecular formula is C22H15N3O2S. The summed E-state index contributed by atoms with van der Waals surface area (Å²) in [6, 6.07) is 21.6. The van der Waals surface area contributed by atoms with Crippen molar-refractivity contribution in [3.05, 3.63) is 95.4 Å². The first-order valence-corrected chi connectivity index (χ1v) is 9.64. The van der Waals surface area contributed by atoms with Crippen LogP contribution in [0.1, 0.15) is 5.69 Å². The average molecular weight is 385 g/mol. The number of hydrogen-bond acceptors (Lipinski definition) is 5. The molecule has 136 valence electrons. The molecule has 5 rings (SSSR count). The molecule has 0 aliphatic heterocycles. The third kappa shape index (κ3) is 3.04. The van der Waals surface area contributed by atoms with E-state index < -0.39 is 0 Å². The highest BCUT2D eigenvalue weighted by Gasteiger charge is 2.12. The molecular weight excluding hydrogens is 370 g/mol. The van der Waals surface area contributed by atoms with Crippen LogP contribution in [0.15, 0.2) is 88.5 Å².